The van der Waals surface area contributed by atoms with Gasteiger partial charge >= 0.3 is 0 Å². The minimum atomic E-state index is 0.358. The zero-order valence-electron chi connectivity index (χ0n) is 8.26. The SMILES string of the molecule is CC1C(=O)C[C@H]2CC(C)(C)C[C@@H]12. The molecule has 0 heterocycles. The number of carbonyl (C=O) groups is 1. The number of ketones is 1. The van der Waals surface area contributed by atoms with Gasteiger partial charge in [-0.05, 0) is 30.1 Å². The minimum Gasteiger partial charge on any atom is -0.299 e. The first-order valence-electron chi connectivity index (χ1n) is 5.02. The third kappa shape index (κ3) is 1.10. The summed E-state index contributed by atoms with van der Waals surface area (Å²) in [6, 6.07) is 0. The second kappa shape index (κ2) is 2.34. The summed E-state index contributed by atoms with van der Waals surface area (Å²) in [4.78, 5) is 11.4. The number of hydrogen-bond acceptors (Lipinski definition) is 1. The molecular formula is C11H18O. The van der Waals surface area contributed by atoms with Gasteiger partial charge in [0, 0.05) is 12.3 Å². The zero-order chi connectivity index (χ0) is 8.93. The molecule has 0 saturated heterocycles. The molecule has 0 bridgehead atoms. The predicted molar refractivity (Wildman–Crippen MR) is 48.8 cm³/mol. The van der Waals surface area contributed by atoms with Crippen LogP contribution in [0.4, 0.5) is 0 Å². The Bertz CT molecular complexity index is 217. The summed E-state index contributed by atoms with van der Waals surface area (Å²) in [6.07, 6.45) is 3.41. The monoisotopic (exact) mass is 166 g/mol. The molecule has 2 saturated carbocycles. The lowest BCUT2D eigenvalue weighted by atomic mass is 9.86. The molecule has 0 amide bonds. The molecule has 0 aliphatic heterocycles. The Balaban J connectivity index is 2.16. The lowest BCUT2D eigenvalue weighted by Crippen LogP contribution is -2.14. The average Bonchev–Trinajstić information content (AvgIpc) is 2.33. The van der Waals surface area contributed by atoms with E-state index in [2.05, 4.69) is 20.8 Å². The van der Waals surface area contributed by atoms with Gasteiger partial charge in [0.2, 0.25) is 0 Å². The van der Waals surface area contributed by atoms with Crippen LogP contribution in [0.1, 0.15) is 40.0 Å². The van der Waals surface area contributed by atoms with Gasteiger partial charge in [-0.25, -0.2) is 0 Å². The van der Waals surface area contributed by atoms with Crippen LogP contribution in [0, 0.1) is 23.2 Å². The van der Waals surface area contributed by atoms with E-state index in [4.69, 9.17) is 0 Å². The lowest BCUT2D eigenvalue weighted by molar-refractivity contribution is -0.121. The minimum absolute atomic E-state index is 0.358. The first-order chi connectivity index (χ1) is 5.49. The normalized spacial score (nSPS) is 44.9. The first kappa shape index (κ1) is 8.28. The van der Waals surface area contributed by atoms with Crippen molar-refractivity contribution >= 4 is 5.78 Å². The molecule has 0 aromatic heterocycles. The second-order valence-corrected chi connectivity index (χ2v) is 5.46. The summed E-state index contributed by atoms with van der Waals surface area (Å²) in [5.74, 6) is 2.31. The molecule has 1 unspecified atom stereocenters. The summed E-state index contributed by atoms with van der Waals surface area (Å²) in [5.41, 5.74) is 0.504. The van der Waals surface area contributed by atoms with E-state index < -0.39 is 0 Å². The van der Waals surface area contributed by atoms with Gasteiger partial charge in [0.25, 0.3) is 0 Å². The van der Waals surface area contributed by atoms with Crippen molar-refractivity contribution in [1.82, 2.24) is 0 Å². The average molecular weight is 166 g/mol. The summed E-state index contributed by atoms with van der Waals surface area (Å²) < 4.78 is 0. The third-order valence-electron chi connectivity index (χ3n) is 3.82. The van der Waals surface area contributed by atoms with Crippen LogP contribution in [-0.4, -0.2) is 5.78 Å². The molecule has 3 atom stereocenters. The largest absolute Gasteiger partial charge is 0.299 e. The number of carbonyl (C=O) groups excluding carboxylic acids is 1. The van der Waals surface area contributed by atoms with Gasteiger partial charge in [-0.15, -0.1) is 0 Å². The number of fused-ring (bicyclic) bond motifs is 1. The van der Waals surface area contributed by atoms with E-state index in [9.17, 15) is 4.79 Å². The maximum Gasteiger partial charge on any atom is 0.136 e. The number of hydrogen-bond donors (Lipinski definition) is 0. The molecule has 0 aromatic rings. The third-order valence-corrected chi connectivity index (χ3v) is 3.82. The molecule has 1 heteroatoms. The van der Waals surface area contributed by atoms with Gasteiger partial charge in [0.15, 0.2) is 0 Å². The van der Waals surface area contributed by atoms with E-state index in [1.807, 2.05) is 0 Å². The van der Waals surface area contributed by atoms with E-state index in [-0.39, 0.29) is 0 Å². The highest BCUT2D eigenvalue weighted by atomic mass is 16.1. The maximum absolute atomic E-state index is 11.4. The highest BCUT2D eigenvalue weighted by Crippen LogP contribution is 2.53. The van der Waals surface area contributed by atoms with Crippen LogP contribution in [0.5, 0.6) is 0 Å². The Kier molecular flexibility index (Phi) is 1.61. The van der Waals surface area contributed by atoms with Crippen LogP contribution < -0.4 is 0 Å². The Morgan fingerprint density at radius 2 is 2.00 bits per heavy atom. The van der Waals surface area contributed by atoms with Crippen molar-refractivity contribution < 1.29 is 4.79 Å². The van der Waals surface area contributed by atoms with E-state index in [0.717, 1.165) is 12.3 Å². The molecule has 1 nitrogen and oxygen atoms in total. The second-order valence-electron chi connectivity index (χ2n) is 5.46. The Morgan fingerprint density at radius 1 is 1.33 bits per heavy atom. The van der Waals surface area contributed by atoms with E-state index in [1.54, 1.807) is 0 Å². The summed E-state index contributed by atoms with van der Waals surface area (Å²) >= 11 is 0. The smallest absolute Gasteiger partial charge is 0.136 e. The summed E-state index contributed by atoms with van der Waals surface area (Å²) in [7, 11) is 0. The molecule has 12 heavy (non-hydrogen) atoms. The van der Waals surface area contributed by atoms with Crippen molar-refractivity contribution in [2.75, 3.05) is 0 Å². The molecule has 0 spiro atoms. The highest BCUT2D eigenvalue weighted by Gasteiger charge is 2.48. The fraction of sp³-hybridized carbons (Fsp3) is 0.909. The van der Waals surface area contributed by atoms with Crippen LogP contribution in [-0.2, 0) is 4.79 Å². The highest BCUT2D eigenvalue weighted by molar-refractivity contribution is 5.83. The quantitative estimate of drug-likeness (QED) is 0.540. The van der Waals surface area contributed by atoms with Crippen LogP contribution in [0.15, 0.2) is 0 Å². The summed E-state index contributed by atoms with van der Waals surface area (Å²) in [6.45, 7) is 6.79. The molecule has 2 aliphatic rings. The Hall–Kier alpha value is -0.330. The van der Waals surface area contributed by atoms with Gasteiger partial charge in [0.1, 0.15) is 5.78 Å². The standard InChI is InChI=1S/C11H18O/c1-7-9-6-11(2,3)5-8(9)4-10(7)12/h7-9H,4-6H2,1-3H3/t7?,8-,9-/m0/s1. The van der Waals surface area contributed by atoms with E-state index in [1.165, 1.54) is 12.8 Å². The van der Waals surface area contributed by atoms with Crippen molar-refractivity contribution in [2.45, 2.75) is 40.0 Å². The van der Waals surface area contributed by atoms with Gasteiger partial charge in [-0.2, -0.15) is 0 Å². The predicted octanol–water partition coefficient (Wildman–Crippen LogP) is 2.65. The van der Waals surface area contributed by atoms with Gasteiger partial charge in [-0.1, -0.05) is 20.8 Å². The maximum atomic E-state index is 11.4. The van der Waals surface area contributed by atoms with Gasteiger partial charge in [0.05, 0.1) is 0 Å². The van der Waals surface area contributed by atoms with Crippen molar-refractivity contribution in [1.29, 1.82) is 0 Å². The molecule has 68 valence electrons. The number of Topliss-reactive ketones (excluding diaryl/α,β-unsaturated/α-hetero) is 1. The van der Waals surface area contributed by atoms with Gasteiger partial charge in [-0.3, -0.25) is 4.79 Å². The van der Waals surface area contributed by atoms with Crippen molar-refractivity contribution in [2.24, 2.45) is 23.2 Å². The van der Waals surface area contributed by atoms with Crippen molar-refractivity contribution in [3.8, 4) is 0 Å². The Labute approximate surface area is 74.5 Å². The number of rotatable bonds is 0. The molecule has 2 aliphatic carbocycles. The molecule has 0 N–H and O–H groups in total. The zero-order valence-corrected chi connectivity index (χ0v) is 8.26. The van der Waals surface area contributed by atoms with E-state index in [0.29, 0.717) is 23.0 Å². The van der Waals surface area contributed by atoms with Crippen LogP contribution in [0.25, 0.3) is 0 Å². The van der Waals surface area contributed by atoms with Crippen molar-refractivity contribution in [3.63, 3.8) is 0 Å². The van der Waals surface area contributed by atoms with Crippen molar-refractivity contribution in [3.05, 3.63) is 0 Å². The van der Waals surface area contributed by atoms with Crippen LogP contribution >= 0.6 is 0 Å². The fourth-order valence-corrected chi connectivity index (χ4v) is 3.24. The summed E-state index contributed by atoms with van der Waals surface area (Å²) in [5, 5.41) is 0. The fourth-order valence-electron chi connectivity index (χ4n) is 3.24. The van der Waals surface area contributed by atoms with Gasteiger partial charge < -0.3 is 0 Å². The molecule has 2 fully saturated rings. The molecule has 0 aromatic carbocycles. The van der Waals surface area contributed by atoms with Crippen LogP contribution in [0.2, 0.25) is 0 Å². The molecular weight excluding hydrogens is 148 g/mol. The first-order valence-corrected chi connectivity index (χ1v) is 5.02. The molecule has 2 rings (SSSR count). The lowest BCUT2D eigenvalue weighted by Gasteiger charge is -2.19. The van der Waals surface area contributed by atoms with E-state index >= 15 is 0 Å². The van der Waals surface area contributed by atoms with Crippen LogP contribution in [0.3, 0.4) is 0 Å². The molecule has 0 radical (unpaired) electrons. The topological polar surface area (TPSA) is 17.1 Å². The Morgan fingerprint density at radius 3 is 2.58 bits per heavy atom.